The summed E-state index contributed by atoms with van der Waals surface area (Å²) in [6.07, 6.45) is -0.810. The van der Waals surface area contributed by atoms with E-state index in [1.54, 1.807) is 43.3 Å². The summed E-state index contributed by atoms with van der Waals surface area (Å²) >= 11 is 0. The third-order valence-electron chi connectivity index (χ3n) is 3.04. The normalized spacial score (nSPS) is 11.1. The SMILES string of the molecule is C[C@@H](Oc1cccc(C(=O)O)c1)C(=O)Nc1ccc(C#N)cc1. The first kappa shape index (κ1) is 16.0. The van der Waals surface area contributed by atoms with Gasteiger partial charge < -0.3 is 15.2 Å². The molecule has 0 aliphatic rings. The van der Waals surface area contributed by atoms with Gasteiger partial charge in [-0.2, -0.15) is 5.26 Å². The molecule has 0 saturated heterocycles. The van der Waals surface area contributed by atoms with Crippen molar-refractivity contribution in [2.24, 2.45) is 0 Å². The standard InChI is InChI=1S/C17H14N2O4/c1-11(23-15-4-2-3-13(9-15)17(21)22)16(20)19-14-7-5-12(10-18)6-8-14/h2-9,11H,1H3,(H,19,20)(H,21,22)/t11-/m1/s1. The van der Waals surface area contributed by atoms with Gasteiger partial charge >= 0.3 is 5.97 Å². The zero-order valence-corrected chi connectivity index (χ0v) is 12.3. The molecule has 116 valence electrons. The number of nitrogens with one attached hydrogen (secondary N) is 1. The van der Waals surface area contributed by atoms with Gasteiger partial charge in [0.2, 0.25) is 0 Å². The molecule has 0 fully saturated rings. The molecule has 0 saturated carbocycles. The number of hydrogen-bond acceptors (Lipinski definition) is 4. The van der Waals surface area contributed by atoms with Crippen LogP contribution in [-0.2, 0) is 4.79 Å². The van der Waals surface area contributed by atoms with E-state index in [9.17, 15) is 9.59 Å². The zero-order chi connectivity index (χ0) is 16.8. The van der Waals surface area contributed by atoms with E-state index in [1.165, 1.54) is 12.1 Å². The molecule has 0 aliphatic carbocycles. The molecule has 1 atom stereocenters. The van der Waals surface area contributed by atoms with Crippen molar-refractivity contribution in [1.82, 2.24) is 0 Å². The second kappa shape index (κ2) is 7.09. The van der Waals surface area contributed by atoms with E-state index in [0.29, 0.717) is 17.0 Å². The van der Waals surface area contributed by atoms with Gasteiger partial charge in [0.1, 0.15) is 5.75 Å². The lowest BCUT2D eigenvalue weighted by atomic mass is 10.2. The molecule has 1 amide bonds. The second-order valence-electron chi connectivity index (χ2n) is 4.77. The van der Waals surface area contributed by atoms with Crippen LogP contribution in [0.25, 0.3) is 0 Å². The van der Waals surface area contributed by atoms with E-state index in [1.807, 2.05) is 6.07 Å². The number of nitrogens with zero attached hydrogens (tertiary/aromatic N) is 1. The van der Waals surface area contributed by atoms with Gasteiger partial charge in [0, 0.05) is 5.69 Å². The minimum Gasteiger partial charge on any atom is -0.481 e. The molecule has 0 aromatic heterocycles. The Morgan fingerprint density at radius 2 is 1.91 bits per heavy atom. The van der Waals surface area contributed by atoms with Crippen molar-refractivity contribution in [3.05, 3.63) is 59.7 Å². The summed E-state index contributed by atoms with van der Waals surface area (Å²) in [7, 11) is 0. The number of carboxylic acid groups (broad SMARTS) is 1. The van der Waals surface area contributed by atoms with Crippen LogP contribution in [0.3, 0.4) is 0 Å². The molecular formula is C17H14N2O4. The van der Waals surface area contributed by atoms with Crippen molar-refractivity contribution < 1.29 is 19.4 Å². The van der Waals surface area contributed by atoms with Gasteiger partial charge in [-0.15, -0.1) is 0 Å². The summed E-state index contributed by atoms with van der Waals surface area (Å²) < 4.78 is 5.46. The number of carboxylic acids is 1. The van der Waals surface area contributed by atoms with Crippen LogP contribution in [-0.4, -0.2) is 23.1 Å². The Kier molecular flexibility index (Phi) is 4.95. The minimum atomic E-state index is -1.06. The van der Waals surface area contributed by atoms with Gasteiger partial charge in [0.15, 0.2) is 6.10 Å². The van der Waals surface area contributed by atoms with Crippen LogP contribution >= 0.6 is 0 Å². The summed E-state index contributed by atoms with van der Waals surface area (Å²) in [5, 5.41) is 20.3. The second-order valence-corrected chi connectivity index (χ2v) is 4.77. The fourth-order valence-corrected chi connectivity index (χ4v) is 1.83. The molecule has 0 unspecified atom stereocenters. The Labute approximate surface area is 132 Å². The number of benzene rings is 2. The van der Waals surface area contributed by atoms with Crippen molar-refractivity contribution >= 4 is 17.6 Å². The maximum atomic E-state index is 12.1. The summed E-state index contributed by atoms with van der Waals surface area (Å²) in [4.78, 5) is 23.0. The fourth-order valence-electron chi connectivity index (χ4n) is 1.83. The van der Waals surface area contributed by atoms with Gasteiger partial charge in [-0.05, 0) is 49.4 Å². The van der Waals surface area contributed by atoms with Gasteiger partial charge in [0.05, 0.1) is 17.2 Å². The Balaban J connectivity index is 2.00. The van der Waals surface area contributed by atoms with Crippen molar-refractivity contribution in [3.63, 3.8) is 0 Å². The van der Waals surface area contributed by atoms with E-state index >= 15 is 0 Å². The maximum Gasteiger partial charge on any atom is 0.335 e. The summed E-state index contributed by atoms with van der Waals surface area (Å²) in [6, 6.07) is 14.3. The number of hydrogen-bond donors (Lipinski definition) is 2. The van der Waals surface area contributed by atoms with Crippen LogP contribution < -0.4 is 10.1 Å². The van der Waals surface area contributed by atoms with E-state index in [2.05, 4.69) is 5.32 Å². The molecular weight excluding hydrogens is 296 g/mol. The smallest absolute Gasteiger partial charge is 0.335 e. The largest absolute Gasteiger partial charge is 0.481 e. The lowest BCUT2D eigenvalue weighted by Crippen LogP contribution is -2.30. The van der Waals surface area contributed by atoms with E-state index < -0.39 is 12.1 Å². The number of carbonyl (C=O) groups is 2. The number of nitriles is 1. The summed E-state index contributed by atoms with van der Waals surface area (Å²) in [6.45, 7) is 1.56. The third-order valence-corrected chi connectivity index (χ3v) is 3.04. The molecule has 2 N–H and O–H groups in total. The van der Waals surface area contributed by atoms with Gasteiger partial charge in [-0.3, -0.25) is 4.79 Å². The van der Waals surface area contributed by atoms with Crippen molar-refractivity contribution in [3.8, 4) is 11.8 Å². The summed E-state index contributed by atoms with van der Waals surface area (Å²) in [5.41, 5.74) is 1.13. The lowest BCUT2D eigenvalue weighted by Gasteiger charge is -2.15. The first-order valence-electron chi connectivity index (χ1n) is 6.80. The predicted octanol–water partition coefficient (Wildman–Crippen LogP) is 2.66. The predicted molar refractivity (Wildman–Crippen MR) is 83.3 cm³/mol. The molecule has 23 heavy (non-hydrogen) atoms. The van der Waals surface area contributed by atoms with Crippen molar-refractivity contribution in [2.45, 2.75) is 13.0 Å². The highest BCUT2D eigenvalue weighted by Gasteiger charge is 2.15. The fraction of sp³-hybridized carbons (Fsp3) is 0.118. The highest BCUT2D eigenvalue weighted by molar-refractivity contribution is 5.94. The molecule has 0 heterocycles. The highest BCUT2D eigenvalue weighted by atomic mass is 16.5. The molecule has 6 heteroatoms. The molecule has 0 aliphatic heterocycles. The van der Waals surface area contributed by atoms with Crippen LogP contribution in [0.2, 0.25) is 0 Å². The Bertz CT molecular complexity index is 763. The molecule has 0 bridgehead atoms. The first-order chi connectivity index (χ1) is 11.0. The van der Waals surface area contributed by atoms with Crippen LogP contribution in [0, 0.1) is 11.3 Å². The number of ether oxygens (including phenoxy) is 1. The third kappa shape index (κ3) is 4.32. The Hall–Kier alpha value is -3.33. The topological polar surface area (TPSA) is 99.4 Å². The molecule has 0 spiro atoms. The van der Waals surface area contributed by atoms with E-state index in [4.69, 9.17) is 15.1 Å². The molecule has 0 radical (unpaired) electrons. The quantitative estimate of drug-likeness (QED) is 0.884. The lowest BCUT2D eigenvalue weighted by molar-refractivity contribution is -0.122. The van der Waals surface area contributed by atoms with Crippen LogP contribution in [0.1, 0.15) is 22.8 Å². The number of anilines is 1. The Morgan fingerprint density at radius 3 is 2.52 bits per heavy atom. The number of amides is 1. The van der Waals surface area contributed by atoms with Crippen molar-refractivity contribution in [1.29, 1.82) is 5.26 Å². The number of rotatable bonds is 5. The van der Waals surface area contributed by atoms with Gasteiger partial charge in [-0.1, -0.05) is 6.07 Å². The molecule has 6 nitrogen and oxygen atoms in total. The number of aromatic carboxylic acids is 1. The first-order valence-corrected chi connectivity index (χ1v) is 6.80. The van der Waals surface area contributed by atoms with Crippen molar-refractivity contribution in [2.75, 3.05) is 5.32 Å². The van der Waals surface area contributed by atoms with Crippen LogP contribution in [0.4, 0.5) is 5.69 Å². The maximum absolute atomic E-state index is 12.1. The zero-order valence-electron chi connectivity index (χ0n) is 12.3. The Morgan fingerprint density at radius 1 is 1.22 bits per heavy atom. The average molecular weight is 310 g/mol. The van der Waals surface area contributed by atoms with E-state index in [0.717, 1.165) is 0 Å². The van der Waals surface area contributed by atoms with Gasteiger partial charge in [0.25, 0.3) is 5.91 Å². The van der Waals surface area contributed by atoms with Crippen LogP contribution in [0.15, 0.2) is 48.5 Å². The van der Waals surface area contributed by atoms with Crippen LogP contribution in [0.5, 0.6) is 5.75 Å². The average Bonchev–Trinajstić information content (AvgIpc) is 2.55. The van der Waals surface area contributed by atoms with Gasteiger partial charge in [-0.25, -0.2) is 4.79 Å². The summed E-state index contributed by atoms with van der Waals surface area (Å²) in [5.74, 6) is -1.15. The molecule has 2 aromatic carbocycles. The monoisotopic (exact) mass is 310 g/mol. The molecule has 2 rings (SSSR count). The number of carbonyl (C=O) groups excluding carboxylic acids is 1. The van der Waals surface area contributed by atoms with E-state index in [-0.39, 0.29) is 11.5 Å². The molecule has 2 aromatic rings. The highest BCUT2D eigenvalue weighted by Crippen LogP contribution is 2.16. The minimum absolute atomic E-state index is 0.0854.